The summed E-state index contributed by atoms with van der Waals surface area (Å²) < 4.78 is 5.64. The summed E-state index contributed by atoms with van der Waals surface area (Å²) in [5.41, 5.74) is 7.74. The first-order chi connectivity index (χ1) is 7.84. The second-order valence-corrected chi connectivity index (χ2v) is 5.45. The molecule has 0 aromatic heterocycles. The molecule has 0 bridgehead atoms. The molecule has 3 nitrogen and oxygen atoms in total. The van der Waals surface area contributed by atoms with Crippen LogP contribution in [0.1, 0.15) is 31.9 Å². The molecule has 17 heavy (non-hydrogen) atoms. The molecular formula is C14H23NO2. The molecule has 0 unspecified atom stereocenters. The summed E-state index contributed by atoms with van der Waals surface area (Å²) in [4.78, 5) is 0. The minimum Gasteiger partial charge on any atom is -0.491 e. The third-order valence-corrected chi connectivity index (χ3v) is 2.65. The Kier molecular flexibility index (Phi) is 4.54. The highest BCUT2D eigenvalue weighted by Gasteiger charge is 2.19. The van der Waals surface area contributed by atoms with Gasteiger partial charge in [0.05, 0.1) is 0 Å². The highest BCUT2D eigenvalue weighted by Crippen LogP contribution is 2.32. The molecule has 0 saturated carbocycles. The van der Waals surface area contributed by atoms with Crippen molar-refractivity contribution in [2.45, 2.75) is 39.2 Å². The summed E-state index contributed by atoms with van der Waals surface area (Å²) in [5, 5.41) is 9.42. The summed E-state index contributed by atoms with van der Waals surface area (Å²) in [7, 11) is 0. The van der Waals surface area contributed by atoms with E-state index in [1.165, 1.54) is 5.56 Å². The van der Waals surface area contributed by atoms with Gasteiger partial charge in [-0.05, 0) is 24.0 Å². The molecule has 0 amide bonds. The van der Waals surface area contributed by atoms with Gasteiger partial charge in [0.1, 0.15) is 18.5 Å². The fourth-order valence-corrected chi connectivity index (χ4v) is 1.61. The molecule has 3 heteroatoms. The van der Waals surface area contributed by atoms with Gasteiger partial charge in [0.2, 0.25) is 0 Å². The first-order valence-corrected chi connectivity index (χ1v) is 5.96. The molecule has 96 valence electrons. The van der Waals surface area contributed by atoms with Crippen LogP contribution in [-0.2, 0) is 5.41 Å². The Morgan fingerprint density at radius 3 is 2.53 bits per heavy atom. The zero-order chi connectivity index (χ0) is 13.1. The third kappa shape index (κ3) is 4.02. The van der Waals surface area contributed by atoms with Crippen LogP contribution in [0.25, 0.3) is 0 Å². The lowest BCUT2D eigenvalue weighted by Gasteiger charge is -2.24. The van der Waals surface area contributed by atoms with Crippen LogP contribution >= 0.6 is 0 Å². The highest BCUT2D eigenvalue weighted by molar-refractivity contribution is 5.41. The van der Waals surface area contributed by atoms with Crippen molar-refractivity contribution in [1.29, 1.82) is 0 Å². The van der Waals surface area contributed by atoms with Gasteiger partial charge in [0.15, 0.2) is 0 Å². The molecule has 1 aromatic carbocycles. The van der Waals surface area contributed by atoms with Gasteiger partial charge in [-0.25, -0.2) is 0 Å². The maximum Gasteiger partial charge on any atom is 0.123 e. The fraction of sp³-hybridized carbons (Fsp3) is 0.571. The van der Waals surface area contributed by atoms with Gasteiger partial charge in [-0.15, -0.1) is 0 Å². The van der Waals surface area contributed by atoms with Crippen LogP contribution in [-0.4, -0.2) is 24.4 Å². The topological polar surface area (TPSA) is 55.5 Å². The van der Waals surface area contributed by atoms with Crippen LogP contribution in [0.15, 0.2) is 18.2 Å². The monoisotopic (exact) mass is 237 g/mol. The second kappa shape index (κ2) is 5.52. The van der Waals surface area contributed by atoms with Crippen LogP contribution in [0.3, 0.4) is 0 Å². The number of nitrogens with two attached hydrogens (primary N) is 1. The maximum absolute atomic E-state index is 9.42. The Balaban J connectivity index is 2.91. The number of aliphatic hydroxyl groups excluding tert-OH is 1. The largest absolute Gasteiger partial charge is 0.491 e. The van der Waals surface area contributed by atoms with Gasteiger partial charge in [0.25, 0.3) is 0 Å². The average molecular weight is 237 g/mol. The van der Waals surface area contributed by atoms with Crippen LogP contribution in [0.5, 0.6) is 5.75 Å². The zero-order valence-corrected chi connectivity index (χ0v) is 11.2. The van der Waals surface area contributed by atoms with Crippen molar-refractivity contribution in [2.24, 2.45) is 5.73 Å². The minimum absolute atomic E-state index is 0.0228. The zero-order valence-electron chi connectivity index (χ0n) is 11.2. The quantitative estimate of drug-likeness (QED) is 0.842. The van der Waals surface area contributed by atoms with E-state index in [-0.39, 0.29) is 18.6 Å². The van der Waals surface area contributed by atoms with E-state index in [0.29, 0.717) is 0 Å². The molecule has 1 atom stereocenters. The summed E-state index contributed by atoms with van der Waals surface area (Å²) in [5.74, 6) is 0.829. The molecule has 0 aliphatic rings. The fourth-order valence-electron chi connectivity index (χ4n) is 1.61. The first kappa shape index (κ1) is 14.0. The molecule has 0 heterocycles. The molecular weight excluding hydrogens is 214 g/mol. The van der Waals surface area contributed by atoms with Crippen LogP contribution in [0, 0.1) is 6.92 Å². The first-order valence-electron chi connectivity index (χ1n) is 5.96. The number of ether oxygens (including phenoxy) is 1. The van der Waals surface area contributed by atoms with Crippen LogP contribution < -0.4 is 10.5 Å². The smallest absolute Gasteiger partial charge is 0.123 e. The molecule has 1 rings (SSSR count). The van der Waals surface area contributed by atoms with E-state index in [1.807, 2.05) is 12.1 Å². The van der Waals surface area contributed by atoms with Gasteiger partial charge in [-0.1, -0.05) is 38.5 Å². The molecule has 0 saturated heterocycles. The lowest BCUT2D eigenvalue weighted by molar-refractivity contribution is 0.113. The standard InChI is InChI=1S/C14H23NO2/c1-10-5-6-13(17-9-11(16)8-15)12(7-10)14(2,3)4/h5-7,11,16H,8-9,15H2,1-4H3/t11-/m1/s1. The second-order valence-electron chi connectivity index (χ2n) is 5.45. The number of aryl methyl sites for hydroxylation is 1. The van der Waals surface area contributed by atoms with Gasteiger partial charge >= 0.3 is 0 Å². The van der Waals surface area contributed by atoms with Gasteiger partial charge in [-0.2, -0.15) is 0 Å². The molecule has 3 N–H and O–H groups in total. The molecule has 0 aliphatic heterocycles. The predicted octanol–water partition coefficient (Wildman–Crippen LogP) is 1.99. The third-order valence-electron chi connectivity index (χ3n) is 2.65. The van der Waals surface area contributed by atoms with E-state index in [1.54, 1.807) is 0 Å². The van der Waals surface area contributed by atoms with E-state index in [2.05, 4.69) is 33.8 Å². The molecule has 1 aromatic rings. The predicted molar refractivity (Wildman–Crippen MR) is 70.4 cm³/mol. The van der Waals surface area contributed by atoms with Gasteiger partial charge < -0.3 is 15.6 Å². The summed E-state index contributed by atoms with van der Waals surface area (Å²) in [6.45, 7) is 8.96. The molecule has 0 radical (unpaired) electrons. The number of aliphatic hydroxyl groups is 1. The van der Waals surface area contributed by atoms with E-state index in [0.717, 1.165) is 11.3 Å². The Hall–Kier alpha value is -1.06. The van der Waals surface area contributed by atoms with E-state index in [9.17, 15) is 5.11 Å². The van der Waals surface area contributed by atoms with Crippen molar-refractivity contribution >= 4 is 0 Å². The van der Waals surface area contributed by atoms with Crippen molar-refractivity contribution in [3.8, 4) is 5.75 Å². The van der Waals surface area contributed by atoms with Crippen molar-refractivity contribution in [3.63, 3.8) is 0 Å². The normalized spacial score (nSPS) is 13.5. The summed E-state index contributed by atoms with van der Waals surface area (Å²) in [6, 6.07) is 6.10. The number of rotatable bonds is 4. The van der Waals surface area contributed by atoms with Crippen molar-refractivity contribution in [3.05, 3.63) is 29.3 Å². The van der Waals surface area contributed by atoms with Crippen molar-refractivity contribution in [1.82, 2.24) is 0 Å². The lowest BCUT2D eigenvalue weighted by atomic mass is 9.85. The minimum atomic E-state index is -0.607. The van der Waals surface area contributed by atoms with E-state index >= 15 is 0 Å². The highest BCUT2D eigenvalue weighted by atomic mass is 16.5. The Morgan fingerprint density at radius 1 is 1.35 bits per heavy atom. The van der Waals surface area contributed by atoms with Crippen molar-refractivity contribution in [2.75, 3.05) is 13.2 Å². The lowest BCUT2D eigenvalue weighted by Crippen LogP contribution is -2.27. The molecule has 0 aliphatic carbocycles. The Bertz CT molecular complexity index is 369. The number of hydrogen-bond donors (Lipinski definition) is 2. The van der Waals surface area contributed by atoms with Crippen molar-refractivity contribution < 1.29 is 9.84 Å². The summed E-state index contributed by atoms with van der Waals surface area (Å²) in [6.07, 6.45) is -0.607. The SMILES string of the molecule is Cc1ccc(OC[C@H](O)CN)c(C(C)(C)C)c1. The van der Waals surface area contributed by atoms with E-state index < -0.39 is 6.10 Å². The molecule has 0 spiro atoms. The van der Waals surface area contributed by atoms with Crippen LogP contribution in [0.4, 0.5) is 0 Å². The molecule has 0 fully saturated rings. The Labute approximate surface area is 104 Å². The van der Waals surface area contributed by atoms with Gasteiger partial charge in [0, 0.05) is 6.54 Å². The summed E-state index contributed by atoms with van der Waals surface area (Å²) >= 11 is 0. The van der Waals surface area contributed by atoms with Gasteiger partial charge in [-0.3, -0.25) is 0 Å². The average Bonchev–Trinajstić information content (AvgIpc) is 2.25. The number of hydrogen-bond acceptors (Lipinski definition) is 3. The number of benzene rings is 1. The Morgan fingerprint density at radius 2 is 2.00 bits per heavy atom. The van der Waals surface area contributed by atoms with Crippen LogP contribution in [0.2, 0.25) is 0 Å². The maximum atomic E-state index is 9.42. The van der Waals surface area contributed by atoms with E-state index in [4.69, 9.17) is 10.5 Å².